The van der Waals surface area contributed by atoms with Crippen LogP contribution < -0.4 is 10.1 Å². The zero-order valence-electron chi connectivity index (χ0n) is 24.2. The number of nitrogens with zero attached hydrogens (tertiary/aromatic N) is 6. The first-order chi connectivity index (χ1) is 20.7. The fourth-order valence-corrected chi connectivity index (χ4v) is 4.86. The molecule has 0 radical (unpaired) electrons. The van der Waals surface area contributed by atoms with E-state index in [-0.39, 0.29) is 49.4 Å². The highest BCUT2D eigenvalue weighted by Crippen LogP contribution is 2.28. The summed E-state index contributed by atoms with van der Waals surface area (Å²) in [6.07, 6.45) is 3.41. The quantitative estimate of drug-likeness (QED) is 0.347. The molecule has 1 amide bonds. The number of halogens is 1. The third-order valence-electron chi connectivity index (χ3n) is 7.23. The highest BCUT2D eigenvalue weighted by molar-refractivity contribution is 5.80. The molecule has 4 rings (SSSR count). The number of carbonyl (C=O) groups excluding carboxylic acids is 1. The normalized spacial score (nSPS) is 22.0. The van der Waals surface area contributed by atoms with Gasteiger partial charge in [0.25, 0.3) is 5.91 Å². The topological polar surface area (TPSA) is 157 Å². The Morgan fingerprint density at radius 3 is 2.88 bits per heavy atom. The van der Waals surface area contributed by atoms with E-state index in [1.165, 1.54) is 18.2 Å². The molecule has 1 aromatic heterocycles. The third-order valence-corrected chi connectivity index (χ3v) is 7.23. The predicted octanol–water partition coefficient (Wildman–Crippen LogP) is 2.19. The molecule has 2 fully saturated rings. The number of allylic oxidation sites excluding steroid dienone is 4. The van der Waals surface area contributed by atoms with Crippen LogP contribution in [0.25, 0.3) is 11.4 Å². The van der Waals surface area contributed by atoms with E-state index in [2.05, 4.69) is 37.8 Å². The number of morpholine rings is 1. The molecule has 3 N–H and O–H groups in total. The summed E-state index contributed by atoms with van der Waals surface area (Å²) >= 11 is 0. The number of piperidine rings is 1. The maximum Gasteiger partial charge on any atom is 0.251 e. The van der Waals surface area contributed by atoms with Gasteiger partial charge in [-0.05, 0) is 50.3 Å². The van der Waals surface area contributed by atoms with E-state index in [0.29, 0.717) is 36.8 Å². The number of rotatable bonds is 10. The lowest BCUT2D eigenvalue weighted by molar-refractivity contribution is -0.143. The van der Waals surface area contributed by atoms with Crippen LogP contribution in [0, 0.1) is 11.3 Å². The van der Waals surface area contributed by atoms with E-state index in [9.17, 15) is 24.7 Å². The van der Waals surface area contributed by atoms with E-state index in [1.807, 2.05) is 19.1 Å². The molecule has 0 spiro atoms. The first-order valence-corrected chi connectivity index (χ1v) is 14.0. The summed E-state index contributed by atoms with van der Waals surface area (Å²) in [6, 6.07) is 6.78. The minimum atomic E-state index is -1.48. The van der Waals surface area contributed by atoms with E-state index in [4.69, 9.17) is 9.47 Å². The van der Waals surface area contributed by atoms with Crippen LogP contribution in [0.1, 0.15) is 25.8 Å². The van der Waals surface area contributed by atoms with Gasteiger partial charge < -0.3 is 34.8 Å². The molecule has 228 valence electrons. The number of aliphatic hydroxyl groups is 2. The van der Waals surface area contributed by atoms with Crippen molar-refractivity contribution in [3.8, 4) is 23.2 Å². The number of hydrogen-bond donors (Lipinski definition) is 3. The molecule has 2 aromatic rings. The smallest absolute Gasteiger partial charge is 0.251 e. The molecular weight excluding hydrogens is 557 g/mol. The number of aromatic nitrogens is 3. The van der Waals surface area contributed by atoms with Crippen molar-refractivity contribution < 1.29 is 28.9 Å². The summed E-state index contributed by atoms with van der Waals surface area (Å²) in [5, 5.41) is 32.0. The van der Waals surface area contributed by atoms with Gasteiger partial charge in [-0.3, -0.25) is 4.79 Å². The molecule has 4 atom stereocenters. The zero-order valence-corrected chi connectivity index (χ0v) is 24.2. The van der Waals surface area contributed by atoms with Crippen LogP contribution in [0.4, 0.5) is 10.3 Å². The Bertz CT molecular complexity index is 1410. The highest BCUT2D eigenvalue weighted by atomic mass is 19.1. The molecule has 3 heterocycles. The van der Waals surface area contributed by atoms with Crippen LogP contribution in [0.3, 0.4) is 0 Å². The van der Waals surface area contributed by atoms with Crippen LogP contribution in [-0.2, 0) is 9.53 Å². The Morgan fingerprint density at radius 2 is 2.19 bits per heavy atom. The molecule has 0 bridgehead atoms. The summed E-state index contributed by atoms with van der Waals surface area (Å²) in [4.78, 5) is 28.3. The third kappa shape index (κ3) is 7.92. The number of ether oxygens (including phenoxy) is 2. The Balaban J connectivity index is 1.45. The monoisotopic (exact) mass is 593 g/mol. The summed E-state index contributed by atoms with van der Waals surface area (Å²) in [7, 11) is 0. The second-order valence-corrected chi connectivity index (χ2v) is 10.2. The van der Waals surface area contributed by atoms with Gasteiger partial charge in [-0.2, -0.15) is 10.2 Å². The number of likely N-dealkylation sites (tertiary alicyclic amines) is 1. The maximum atomic E-state index is 14.8. The van der Waals surface area contributed by atoms with Crippen LogP contribution in [0.5, 0.6) is 5.75 Å². The minimum absolute atomic E-state index is 0.00160. The molecule has 0 unspecified atom stereocenters. The molecule has 2 saturated heterocycles. The second-order valence-electron chi connectivity index (χ2n) is 10.2. The van der Waals surface area contributed by atoms with Crippen molar-refractivity contribution in [1.29, 1.82) is 5.26 Å². The van der Waals surface area contributed by atoms with Gasteiger partial charge in [0.15, 0.2) is 12.0 Å². The second kappa shape index (κ2) is 14.7. The number of carbonyl (C=O) groups is 1. The Hall–Kier alpha value is -4.38. The van der Waals surface area contributed by atoms with Gasteiger partial charge in [-0.1, -0.05) is 6.58 Å². The average molecular weight is 594 g/mol. The number of hydrogen-bond acceptors (Lipinski definition) is 11. The van der Waals surface area contributed by atoms with Crippen LogP contribution in [0.2, 0.25) is 0 Å². The van der Waals surface area contributed by atoms with Gasteiger partial charge >= 0.3 is 0 Å². The van der Waals surface area contributed by atoms with Crippen LogP contribution in [0.15, 0.2) is 60.7 Å². The van der Waals surface area contributed by atoms with Crippen molar-refractivity contribution in [2.45, 2.75) is 44.7 Å². The molecule has 2 aliphatic rings. The largest absolute Gasteiger partial charge is 0.486 e. The molecule has 12 nitrogen and oxygen atoms in total. The minimum Gasteiger partial charge on any atom is -0.486 e. The average Bonchev–Trinajstić information content (AvgIpc) is 3.03. The molecule has 1 aromatic carbocycles. The SMILES string of the molecule is C=C/C(=C\C=C(/C)N1CCOC[C@H]1CO)Nc1ncnc(-c2ccc(O[C@H]3CCN(C(=O)[C@H](C)O)C[C@H]3F)c(C#N)c2)n1. The van der Waals surface area contributed by atoms with Crippen molar-refractivity contribution in [2.24, 2.45) is 0 Å². The number of anilines is 1. The number of nitrogens with one attached hydrogen (secondary N) is 1. The van der Waals surface area contributed by atoms with E-state index in [1.54, 1.807) is 24.3 Å². The van der Waals surface area contributed by atoms with Crippen LogP contribution >= 0.6 is 0 Å². The van der Waals surface area contributed by atoms with E-state index < -0.39 is 24.3 Å². The first-order valence-electron chi connectivity index (χ1n) is 14.0. The van der Waals surface area contributed by atoms with Gasteiger partial charge in [0.1, 0.15) is 30.4 Å². The lowest BCUT2D eigenvalue weighted by Gasteiger charge is -2.36. The Kier molecular flexibility index (Phi) is 10.8. The number of amides is 1. The molecule has 13 heteroatoms. The van der Waals surface area contributed by atoms with Gasteiger partial charge in [0.2, 0.25) is 5.95 Å². The lowest BCUT2D eigenvalue weighted by Crippen LogP contribution is -2.51. The van der Waals surface area contributed by atoms with Crippen molar-refractivity contribution >= 4 is 11.9 Å². The predicted molar refractivity (Wildman–Crippen MR) is 156 cm³/mol. The standard InChI is InChI=1S/C30H36FN7O5/c1-4-23(7-5-19(2)38-11-12-42-17-24(38)16-39)35-30-34-18-33-28(36-30)21-6-8-26(22(13-21)14-32)43-27-9-10-37(15-25(27)31)29(41)20(3)40/h4-8,13,18,20,24-25,27,39-40H,1,9-12,15-17H2,2-3H3,(H,33,34,35,36)/b19-5+,23-7+/t20-,24+,25+,27-/m0/s1. The highest BCUT2D eigenvalue weighted by Gasteiger charge is 2.34. The summed E-state index contributed by atoms with van der Waals surface area (Å²) < 4.78 is 26.1. The Labute approximate surface area is 249 Å². The van der Waals surface area contributed by atoms with Gasteiger partial charge in [-0.25, -0.2) is 14.4 Å². The number of benzene rings is 1. The first kappa shape index (κ1) is 31.6. The molecule has 43 heavy (non-hydrogen) atoms. The summed E-state index contributed by atoms with van der Waals surface area (Å²) in [5.74, 6) is 0.257. The zero-order chi connectivity index (χ0) is 30.9. The maximum absolute atomic E-state index is 14.8. The fourth-order valence-electron chi connectivity index (χ4n) is 4.86. The van der Waals surface area contributed by atoms with Gasteiger partial charge in [0, 0.05) is 36.5 Å². The van der Waals surface area contributed by atoms with Gasteiger partial charge in [0.05, 0.1) is 38.0 Å². The number of aliphatic hydroxyl groups excluding tert-OH is 2. The van der Waals surface area contributed by atoms with E-state index >= 15 is 0 Å². The Morgan fingerprint density at radius 1 is 1.37 bits per heavy atom. The number of alkyl halides is 1. The molecular formula is C30H36FN7O5. The molecule has 0 aliphatic carbocycles. The van der Waals surface area contributed by atoms with E-state index in [0.717, 1.165) is 5.70 Å². The summed E-state index contributed by atoms with van der Waals surface area (Å²) in [6.45, 7) is 8.95. The van der Waals surface area contributed by atoms with Crippen molar-refractivity contribution in [3.05, 3.63) is 66.3 Å². The lowest BCUT2D eigenvalue weighted by atomic mass is 10.0. The van der Waals surface area contributed by atoms with Crippen LogP contribution in [-0.4, -0.2) is 105 Å². The van der Waals surface area contributed by atoms with Crippen molar-refractivity contribution in [2.75, 3.05) is 44.8 Å². The number of nitriles is 1. The van der Waals surface area contributed by atoms with Gasteiger partial charge in [-0.15, -0.1) is 0 Å². The molecule has 2 aliphatic heterocycles. The fraction of sp³-hybridized carbons (Fsp3) is 0.433. The van der Waals surface area contributed by atoms with Crippen molar-refractivity contribution in [3.63, 3.8) is 0 Å². The molecule has 0 saturated carbocycles. The summed E-state index contributed by atoms with van der Waals surface area (Å²) in [5.41, 5.74) is 2.31. The van der Waals surface area contributed by atoms with Crippen molar-refractivity contribution in [1.82, 2.24) is 24.8 Å².